The van der Waals surface area contributed by atoms with E-state index in [0.717, 1.165) is 11.1 Å². The van der Waals surface area contributed by atoms with Gasteiger partial charge in [-0.15, -0.1) is 0 Å². The molecule has 0 N–H and O–H groups in total. The van der Waals surface area contributed by atoms with Gasteiger partial charge < -0.3 is 0 Å². The molecule has 2 aromatic rings. The smallest absolute Gasteiger partial charge is 0.223 e. The summed E-state index contributed by atoms with van der Waals surface area (Å²) in [7, 11) is 0. The van der Waals surface area contributed by atoms with Crippen LogP contribution < -0.4 is 0 Å². The second kappa shape index (κ2) is 7.32. The summed E-state index contributed by atoms with van der Waals surface area (Å²) in [6.45, 7) is 1.80. The van der Waals surface area contributed by atoms with E-state index in [1.165, 1.54) is 0 Å². The van der Waals surface area contributed by atoms with E-state index in [1.807, 2.05) is 12.1 Å². The average molecular weight is 359 g/mol. The maximum Gasteiger partial charge on any atom is 0.223 e. The summed E-state index contributed by atoms with van der Waals surface area (Å²) in [5.41, 5.74) is 1.59. The van der Waals surface area contributed by atoms with Gasteiger partial charge in [-0.2, -0.15) is 0 Å². The molecule has 0 heterocycles. The van der Waals surface area contributed by atoms with Crippen molar-refractivity contribution in [3.8, 4) is 0 Å². The van der Waals surface area contributed by atoms with E-state index in [2.05, 4.69) is 0 Å². The Morgan fingerprint density at radius 1 is 1.00 bits per heavy atom. The predicted molar refractivity (Wildman–Crippen MR) is 90.8 cm³/mol. The molecule has 0 spiro atoms. The number of benzene rings is 2. The second-order valence-electron chi connectivity index (χ2n) is 4.96. The van der Waals surface area contributed by atoms with E-state index in [1.54, 1.807) is 37.3 Å². The monoisotopic (exact) mass is 357 g/mol. The molecule has 0 aliphatic rings. The summed E-state index contributed by atoms with van der Waals surface area (Å²) in [4.78, 5) is 11.2. The van der Waals surface area contributed by atoms with Crippen LogP contribution in [0, 0.1) is 10.1 Å². The largest absolute Gasteiger partial charge is 0.264 e. The van der Waals surface area contributed by atoms with E-state index in [0.29, 0.717) is 21.5 Å². The van der Waals surface area contributed by atoms with Gasteiger partial charge >= 0.3 is 0 Å². The first-order chi connectivity index (χ1) is 10.4. The Hall–Kier alpha value is -1.29. The first kappa shape index (κ1) is 17.1. The van der Waals surface area contributed by atoms with E-state index in [-0.39, 0.29) is 4.92 Å². The molecule has 6 heteroatoms. The maximum atomic E-state index is 11.5. The van der Waals surface area contributed by atoms with Gasteiger partial charge in [0.15, 0.2) is 0 Å². The molecule has 0 aliphatic carbocycles. The zero-order valence-electron chi connectivity index (χ0n) is 11.8. The van der Waals surface area contributed by atoms with Crippen molar-refractivity contribution in [3.05, 3.63) is 78.8 Å². The second-order valence-corrected chi connectivity index (χ2v) is 6.21. The number of nitro groups is 1. The van der Waals surface area contributed by atoms with Crippen LogP contribution in [0.25, 0.3) is 0 Å². The number of hydrogen-bond donors (Lipinski definition) is 0. The third kappa shape index (κ3) is 3.72. The van der Waals surface area contributed by atoms with Crippen LogP contribution in [0.5, 0.6) is 0 Å². The Kier molecular flexibility index (Phi) is 5.68. The number of halogens is 3. The zero-order valence-corrected chi connectivity index (χ0v) is 14.1. The fraction of sp³-hybridized carbons (Fsp3) is 0.250. The van der Waals surface area contributed by atoms with Crippen molar-refractivity contribution in [3.63, 3.8) is 0 Å². The van der Waals surface area contributed by atoms with Gasteiger partial charge in [0, 0.05) is 16.4 Å². The molecule has 3 nitrogen and oxygen atoms in total. The Bertz CT molecular complexity index is 674. The van der Waals surface area contributed by atoms with Crippen molar-refractivity contribution in [2.45, 2.75) is 25.3 Å². The van der Waals surface area contributed by atoms with E-state index in [9.17, 15) is 10.1 Å². The third-order valence-electron chi connectivity index (χ3n) is 3.61. The standard InChI is InChI=1S/C16H14Cl3NO2/c1-2-15(20(21)22)16(10-3-6-12(17)7-4-10)11-5-8-13(18)14(19)9-11/h3-9,15-16H,2H2,1H3/t15-,16+/m0/s1. The maximum absolute atomic E-state index is 11.5. The predicted octanol–water partition coefficient (Wildman–Crippen LogP) is 5.83. The molecule has 0 fully saturated rings. The normalized spacial score (nSPS) is 13.6. The molecule has 116 valence electrons. The number of nitrogens with zero attached hydrogens (tertiary/aromatic N) is 1. The van der Waals surface area contributed by atoms with Gasteiger partial charge in [-0.1, -0.05) is 59.9 Å². The van der Waals surface area contributed by atoms with Gasteiger partial charge in [-0.3, -0.25) is 10.1 Å². The fourth-order valence-corrected chi connectivity index (χ4v) is 2.95. The van der Waals surface area contributed by atoms with Crippen molar-refractivity contribution in [2.75, 3.05) is 0 Å². The third-order valence-corrected chi connectivity index (χ3v) is 4.60. The SMILES string of the molecule is CC[C@@H]([C@H](c1ccc(Cl)cc1)c1ccc(Cl)c(Cl)c1)[N+](=O)[O-]. The first-order valence-corrected chi connectivity index (χ1v) is 7.91. The Balaban J connectivity index is 2.55. The highest BCUT2D eigenvalue weighted by Gasteiger charge is 2.32. The average Bonchev–Trinajstić information content (AvgIpc) is 2.48. The summed E-state index contributed by atoms with van der Waals surface area (Å²) in [5, 5.41) is 12.9. The van der Waals surface area contributed by atoms with Crippen LogP contribution in [0.2, 0.25) is 15.1 Å². The quantitative estimate of drug-likeness (QED) is 0.498. The van der Waals surface area contributed by atoms with Crippen molar-refractivity contribution in [1.82, 2.24) is 0 Å². The molecule has 0 saturated carbocycles. The van der Waals surface area contributed by atoms with E-state index >= 15 is 0 Å². The summed E-state index contributed by atoms with van der Waals surface area (Å²) >= 11 is 17.9. The molecular formula is C16H14Cl3NO2. The molecule has 2 aromatic carbocycles. The molecule has 0 amide bonds. The van der Waals surface area contributed by atoms with Crippen LogP contribution >= 0.6 is 34.8 Å². The minimum atomic E-state index is -0.751. The highest BCUT2D eigenvalue weighted by molar-refractivity contribution is 6.42. The van der Waals surface area contributed by atoms with Crippen LogP contribution in [0.3, 0.4) is 0 Å². The summed E-state index contributed by atoms with van der Waals surface area (Å²) in [6, 6.07) is 11.5. The van der Waals surface area contributed by atoms with Crippen molar-refractivity contribution in [1.29, 1.82) is 0 Å². The van der Waals surface area contributed by atoms with Crippen LogP contribution in [-0.2, 0) is 0 Å². The molecule has 0 aliphatic heterocycles. The topological polar surface area (TPSA) is 43.1 Å². The van der Waals surface area contributed by atoms with Crippen molar-refractivity contribution >= 4 is 34.8 Å². The lowest BCUT2D eigenvalue weighted by molar-refractivity contribution is -0.525. The first-order valence-electron chi connectivity index (χ1n) is 6.78. The summed E-state index contributed by atoms with van der Waals surface area (Å²) < 4.78 is 0. The minimum Gasteiger partial charge on any atom is -0.264 e. The molecule has 0 bridgehead atoms. The molecule has 22 heavy (non-hydrogen) atoms. The van der Waals surface area contributed by atoms with Gasteiger partial charge in [0.25, 0.3) is 0 Å². The van der Waals surface area contributed by atoms with Gasteiger partial charge in [-0.25, -0.2) is 0 Å². The molecule has 2 atom stereocenters. The Morgan fingerprint density at radius 3 is 2.09 bits per heavy atom. The molecule has 0 aromatic heterocycles. The molecule has 0 saturated heterocycles. The van der Waals surface area contributed by atoms with Crippen LogP contribution in [0.4, 0.5) is 0 Å². The molecule has 0 radical (unpaired) electrons. The van der Waals surface area contributed by atoms with E-state index in [4.69, 9.17) is 34.8 Å². The van der Waals surface area contributed by atoms with Gasteiger partial charge in [-0.05, 0) is 35.4 Å². The lowest BCUT2D eigenvalue weighted by atomic mass is 9.84. The van der Waals surface area contributed by atoms with Crippen LogP contribution in [-0.4, -0.2) is 11.0 Å². The van der Waals surface area contributed by atoms with E-state index < -0.39 is 12.0 Å². The Morgan fingerprint density at radius 2 is 1.59 bits per heavy atom. The zero-order chi connectivity index (χ0) is 16.3. The van der Waals surface area contributed by atoms with Crippen LogP contribution in [0.15, 0.2) is 42.5 Å². The lowest BCUT2D eigenvalue weighted by Gasteiger charge is -2.21. The van der Waals surface area contributed by atoms with Crippen molar-refractivity contribution < 1.29 is 4.92 Å². The number of hydrogen-bond acceptors (Lipinski definition) is 2. The Labute approximate surface area is 144 Å². The fourth-order valence-electron chi connectivity index (χ4n) is 2.52. The van der Waals surface area contributed by atoms with Crippen molar-refractivity contribution in [2.24, 2.45) is 0 Å². The highest BCUT2D eigenvalue weighted by atomic mass is 35.5. The van der Waals surface area contributed by atoms with Gasteiger partial charge in [0.05, 0.1) is 16.0 Å². The lowest BCUT2D eigenvalue weighted by Crippen LogP contribution is -2.27. The summed E-state index contributed by atoms with van der Waals surface area (Å²) in [5.74, 6) is -0.410. The van der Waals surface area contributed by atoms with Gasteiger partial charge in [0.1, 0.15) is 0 Å². The summed E-state index contributed by atoms with van der Waals surface area (Å²) in [6.07, 6.45) is 0.403. The molecular weight excluding hydrogens is 345 g/mol. The van der Waals surface area contributed by atoms with Gasteiger partial charge in [0.2, 0.25) is 6.04 Å². The molecule has 0 unspecified atom stereocenters. The van der Waals surface area contributed by atoms with Crippen LogP contribution in [0.1, 0.15) is 30.4 Å². The highest BCUT2D eigenvalue weighted by Crippen LogP contribution is 2.35. The molecule has 2 rings (SSSR count). The minimum absolute atomic E-state index is 0.248. The number of rotatable bonds is 5.